The highest BCUT2D eigenvalue weighted by Crippen LogP contribution is 2.24. The van der Waals surface area contributed by atoms with Crippen molar-refractivity contribution in [1.29, 1.82) is 0 Å². The predicted molar refractivity (Wildman–Crippen MR) is 73.1 cm³/mol. The fourth-order valence-electron chi connectivity index (χ4n) is 2.23. The van der Waals surface area contributed by atoms with Gasteiger partial charge in [-0.25, -0.2) is 0 Å². The molecule has 0 aromatic heterocycles. The second kappa shape index (κ2) is 6.19. The Bertz CT molecular complexity index is 408. The van der Waals surface area contributed by atoms with Crippen LogP contribution in [0.3, 0.4) is 0 Å². The highest BCUT2D eigenvalue weighted by molar-refractivity contribution is 7.86. The van der Waals surface area contributed by atoms with E-state index in [2.05, 4.69) is 0 Å². The molecule has 7 heteroatoms. The minimum absolute atomic E-state index is 0.0116. The third kappa shape index (κ3) is 4.43. The van der Waals surface area contributed by atoms with Gasteiger partial charge < -0.3 is 5.11 Å². The first-order chi connectivity index (χ1) is 8.65. The molecule has 1 N–H and O–H groups in total. The maximum absolute atomic E-state index is 12.6. The molecule has 0 aromatic carbocycles. The second-order valence-electron chi connectivity index (χ2n) is 5.85. The molecule has 1 rings (SSSR count). The molecular formula is C12H24N2O4S. The maximum atomic E-state index is 12.6. The minimum atomic E-state index is -3.57. The Balaban J connectivity index is 2.91. The van der Waals surface area contributed by atoms with E-state index in [0.29, 0.717) is 13.1 Å². The van der Waals surface area contributed by atoms with Gasteiger partial charge in [0.05, 0.1) is 6.42 Å². The second-order valence-corrected chi connectivity index (χ2v) is 7.71. The standard InChI is InChI=1S/C12H24N2O4S/c1-12(2,3)14(10-7-11(15)16)19(17,18)13-8-5-4-6-9-13/h4-10H2,1-3H3,(H,15,16). The lowest BCUT2D eigenvalue weighted by atomic mass is 10.1. The van der Waals surface area contributed by atoms with Gasteiger partial charge in [0, 0.05) is 25.2 Å². The van der Waals surface area contributed by atoms with Crippen molar-refractivity contribution in [3.05, 3.63) is 0 Å². The van der Waals surface area contributed by atoms with E-state index in [0.717, 1.165) is 19.3 Å². The van der Waals surface area contributed by atoms with E-state index in [1.54, 1.807) is 20.8 Å². The Kier molecular flexibility index (Phi) is 5.34. The van der Waals surface area contributed by atoms with Gasteiger partial charge in [-0.15, -0.1) is 0 Å². The van der Waals surface area contributed by atoms with Gasteiger partial charge in [-0.2, -0.15) is 17.0 Å². The molecule has 0 aliphatic carbocycles. The van der Waals surface area contributed by atoms with E-state index >= 15 is 0 Å². The van der Waals surface area contributed by atoms with Crippen molar-refractivity contribution in [1.82, 2.24) is 8.61 Å². The summed E-state index contributed by atoms with van der Waals surface area (Å²) >= 11 is 0. The van der Waals surface area contributed by atoms with Gasteiger partial charge in [0.15, 0.2) is 0 Å². The van der Waals surface area contributed by atoms with Gasteiger partial charge in [-0.3, -0.25) is 4.79 Å². The summed E-state index contributed by atoms with van der Waals surface area (Å²) in [5.74, 6) is -0.983. The summed E-state index contributed by atoms with van der Waals surface area (Å²) in [7, 11) is -3.57. The normalized spacial score (nSPS) is 18.7. The first-order valence-electron chi connectivity index (χ1n) is 6.65. The molecule has 0 saturated carbocycles. The summed E-state index contributed by atoms with van der Waals surface area (Å²) in [6, 6.07) is 0. The number of nitrogens with zero attached hydrogens (tertiary/aromatic N) is 2. The Morgan fingerprint density at radius 3 is 2.16 bits per heavy atom. The van der Waals surface area contributed by atoms with Gasteiger partial charge in [0.1, 0.15) is 0 Å². The summed E-state index contributed by atoms with van der Waals surface area (Å²) < 4.78 is 28.0. The summed E-state index contributed by atoms with van der Waals surface area (Å²) in [6.07, 6.45) is 2.62. The number of carbonyl (C=O) groups is 1. The first-order valence-corrected chi connectivity index (χ1v) is 8.05. The van der Waals surface area contributed by atoms with E-state index in [1.807, 2.05) is 0 Å². The quantitative estimate of drug-likeness (QED) is 0.828. The van der Waals surface area contributed by atoms with Gasteiger partial charge >= 0.3 is 5.97 Å². The third-order valence-electron chi connectivity index (χ3n) is 3.20. The molecule has 1 heterocycles. The van der Waals surface area contributed by atoms with Crippen molar-refractivity contribution in [2.24, 2.45) is 0 Å². The van der Waals surface area contributed by atoms with Crippen LogP contribution in [0.2, 0.25) is 0 Å². The zero-order valence-electron chi connectivity index (χ0n) is 11.9. The molecule has 0 radical (unpaired) electrons. The van der Waals surface area contributed by atoms with Gasteiger partial charge in [-0.1, -0.05) is 6.42 Å². The zero-order chi connectivity index (χ0) is 14.7. The van der Waals surface area contributed by atoms with Crippen molar-refractivity contribution in [3.8, 4) is 0 Å². The average molecular weight is 292 g/mol. The van der Waals surface area contributed by atoms with Gasteiger partial charge in [0.2, 0.25) is 0 Å². The number of hydrogen-bond donors (Lipinski definition) is 1. The Labute approximate surface area is 115 Å². The number of piperidine rings is 1. The Morgan fingerprint density at radius 1 is 1.21 bits per heavy atom. The van der Waals surface area contributed by atoms with Crippen molar-refractivity contribution >= 4 is 16.2 Å². The average Bonchev–Trinajstić information content (AvgIpc) is 2.27. The van der Waals surface area contributed by atoms with E-state index in [4.69, 9.17) is 5.11 Å². The number of carboxylic acids is 1. The minimum Gasteiger partial charge on any atom is -0.481 e. The van der Waals surface area contributed by atoms with E-state index in [1.165, 1.54) is 8.61 Å². The highest BCUT2D eigenvalue weighted by atomic mass is 32.2. The van der Waals surface area contributed by atoms with E-state index < -0.39 is 21.7 Å². The van der Waals surface area contributed by atoms with Crippen molar-refractivity contribution < 1.29 is 18.3 Å². The number of hydrogen-bond acceptors (Lipinski definition) is 3. The van der Waals surface area contributed by atoms with Crippen LogP contribution in [-0.4, -0.2) is 53.3 Å². The molecule has 1 aliphatic rings. The highest BCUT2D eigenvalue weighted by Gasteiger charge is 2.37. The molecular weight excluding hydrogens is 268 g/mol. The van der Waals surface area contributed by atoms with Crippen LogP contribution in [-0.2, 0) is 15.0 Å². The fourth-order valence-corrected chi connectivity index (χ4v) is 4.24. The summed E-state index contributed by atoms with van der Waals surface area (Å²) in [5, 5.41) is 8.77. The third-order valence-corrected chi connectivity index (χ3v) is 5.50. The summed E-state index contributed by atoms with van der Waals surface area (Å²) in [5.41, 5.74) is -0.619. The Morgan fingerprint density at radius 2 is 1.74 bits per heavy atom. The van der Waals surface area contributed by atoms with Crippen LogP contribution in [0, 0.1) is 0 Å². The summed E-state index contributed by atoms with van der Waals surface area (Å²) in [6.45, 7) is 6.44. The van der Waals surface area contributed by atoms with Crippen LogP contribution in [0.15, 0.2) is 0 Å². The zero-order valence-corrected chi connectivity index (χ0v) is 12.7. The molecule has 112 valence electrons. The van der Waals surface area contributed by atoms with Gasteiger partial charge in [0.25, 0.3) is 10.2 Å². The SMILES string of the molecule is CC(C)(C)N(CCC(=O)O)S(=O)(=O)N1CCCCC1. The van der Waals surface area contributed by atoms with Crippen LogP contribution >= 0.6 is 0 Å². The Hall–Kier alpha value is -0.660. The van der Waals surface area contributed by atoms with E-state index in [-0.39, 0.29) is 13.0 Å². The van der Waals surface area contributed by atoms with Crippen LogP contribution in [0.25, 0.3) is 0 Å². The van der Waals surface area contributed by atoms with Crippen molar-refractivity contribution in [3.63, 3.8) is 0 Å². The lowest BCUT2D eigenvalue weighted by Gasteiger charge is -2.39. The molecule has 0 atom stereocenters. The first kappa shape index (κ1) is 16.4. The monoisotopic (exact) mass is 292 g/mol. The van der Waals surface area contributed by atoms with Gasteiger partial charge in [-0.05, 0) is 33.6 Å². The number of carboxylic acid groups (broad SMARTS) is 1. The molecule has 1 fully saturated rings. The molecule has 0 bridgehead atoms. The molecule has 6 nitrogen and oxygen atoms in total. The van der Waals surface area contributed by atoms with Crippen LogP contribution < -0.4 is 0 Å². The lowest BCUT2D eigenvalue weighted by Crippen LogP contribution is -2.53. The molecule has 0 aromatic rings. The van der Waals surface area contributed by atoms with Crippen molar-refractivity contribution in [2.45, 2.75) is 52.0 Å². The van der Waals surface area contributed by atoms with Crippen molar-refractivity contribution in [2.75, 3.05) is 19.6 Å². The molecule has 0 unspecified atom stereocenters. The molecule has 0 spiro atoms. The smallest absolute Gasteiger partial charge is 0.304 e. The molecule has 0 amide bonds. The lowest BCUT2D eigenvalue weighted by molar-refractivity contribution is -0.137. The topological polar surface area (TPSA) is 77.9 Å². The predicted octanol–water partition coefficient (Wildman–Crippen LogP) is 1.29. The van der Waals surface area contributed by atoms with Crippen LogP contribution in [0.4, 0.5) is 0 Å². The van der Waals surface area contributed by atoms with E-state index in [9.17, 15) is 13.2 Å². The maximum Gasteiger partial charge on any atom is 0.304 e. The summed E-state index contributed by atoms with van der Waals surface area (Å²) in [4.78, 5) is 10.7. The van der Waals surface area contributed by atoms with Crippen LogP contribution in [0.5, 0.6) is 0 Å². The largest absolute Gasteiger partial charge is 0.481 e. The fraction of sp³-hybridized carbons (Fsp3) is 0.917. The molecule has 19 heavy (non-hydrogen) atoms. The van der Waals surface area contributed by atoms with Crippen LogP contribution in [0.1, 0.15) is 46.5 Å². The number of rotatable bonds is 5. The molecule has 1 aliphatic heterocycles. The molecule has 1 saturated heterocycles. The number of aliphatic carboxylic acids is 1.